The number of carbonyl (C=O) groups is 3. The molecule has 1 aliphatic heterocycles. The molecule has 0 aromatic carbocycles. The SMILES string of the molecule is O=C(CCN1C(=O)CCC1=O)NC(CO)(CO)CO. The number of imide groups is 1. The maximum absolute atomic E-state index is 11.6. The van der Waals surface area contributed by atoms with Crippen molar-refractivity contribution in [3.05, 3.63) is 0 Å². The van der Waals surface area contributed by atoms with Gasteiger partial charge in [0.05, 0.1) is 19.8 Å². The quantitative estimate of drug-likeness (QED) is 0.376. The molecule has 0 saturated carbocycles. The number of amides is 3. The molecule has 8 nitrogen and oxygen atoms in total. The number of likely N-dealkylation sites (tertiary alicyclic amines) is 1. The summed E-state index contributed by atoms with van der Waals surface area (Å²) in [5, 5.41) is 29.4. The first-order valence-corrected chi connectivity index (χ1v) is 5.95. The lowest BCUT2D eigenvalue weighted by atomic mass is 10.0. The van der Waals surface area contributed by atoms with Crippen molar-refractivity contribution in [3.63, 3.8) is 0 Å². The molecule has 1 aliphatic rings. The number of hydrogen-bond donors (Lipinski definition) is 4. The number of nitrogens with zero attached hydrogens (tertiary/aromatic N) is 1. The van der Waals surface area contributed by atoms with Crippen LogP contribution in [0.2, 0.25) is 0 Å². The molecule has 3 amide bonds. The molecule has 0 aromatic heterocycles. The molecule has 0 unspecified atom stereocenters. The van der Waals surface area contributed by atoms with Crippen molar-refractivity contribution in [3.8, 4) is 0 Å². The van der Waals surface area contributed by atoms with Crippen molar-refractivity contribution in [2.45, 2.75) is 24.8 Å². The van der Waals surface area contributed by atoms with Crippen molar-refractivity contribution in [2.75, 3.05) is 26.4 Å². The molecule has 4 N–H and O–H groups in total. The summed E-state index contributed by atoms with van der Waals surface area (Å²) in [7, 11) is 0. The number of hydrogen-bond acceptors (Lipinski definition) is 6. The Kier molecular flexibility index (Phi) is 5.40. The summed E-state index contributed by atoms with van der Waals surface area (Å²) in [5.74, 6) is -1.18. The number of aliphatic hydroxyl groups is 3. The Morgan fingerprint density at radius 2 is 1.58 bits per heavy atom. The van der Waals surface area contributed by atoms with E-state index in [-0.39, 0.29) is 37.6 Å². The zero-order valence-electron chi connectivity index (χ0n) is 10.5. The summed E-state index contributed by atoms with van der Waals surface area (Å²) in [4.78, 5) is 35.2. The van der Waals surface area contributed by atoms with Crippen LogP contribution in [0.4, 0.5) is 0 Å². The molecule has 19 heavy (non-hydrogen) atoms. The number of carbonyl (C=O) groups excluding carboxylic acids is 3. The largest absolute Gasteiger partial charge is 0.394 e. The minimum absolute atomic E-state index is 0.0398. The molecule has 1 fully saturated rings. The lowest BCUT2D eigenvalue weighted by molar-refractivity contribution is -0.138. The average Bonchev–Trinajstić information content (AvgIpc) is 2.73. The van der Waals surface area contributed by atoms with Gasteiger partial charge in [0.15, 0.2) is 0 Å². The van der Waals surface area contributed by atoms with Gasteiger partial charge in [0, 0.05) is 25.8 Å². The van der Waals surface area contributed by atoms with Gasteiger partial charge in [0.25, 0.3) is 0 Å². The highest BCUT2D eigenvalue weighted by molar-refractivity contribution is 6.02. The minimum Gasteiger partial charge on any atom is -0.394 e. The molecule has 0 aliphatic carbocycles. The Labute approximate surface area is 110 Å². The second kappa shape index (κ2) is 6.60. The topological polar surface area (TPSA) is 127 Å². The Bertz CT molecular complexity index is 342. The molecule has 0 aromatic rings. The van der Waals surface area contributed by atoms with Crippen molar-refractivity contribution in [1.29, 1.82) is 0 Å². The van der Waals surface area contributed by atoms with Gasteiger partial charge in [-0.2, -0.15) is 0 Å². The maximum Gasteiger partial charge on any atom is 0.229 e. The molecular formula is C11H18N2O6. The van der Waals surface area contributed by atoms with Crippen LogP contribution in [0.15, 0.2) is 0 Å². The molecular weight excluding hydrogens is 256 g/mol. The van der Waals surface area contributed by atoms with Gasteiger partial charge in [-0.1, -0.05) is 0 Å². The Morgan fingerprint density at radius 1 is 1.11 bits per heavy atom. The molecule has 1 rings (SSSR count). The van der Waals surface area contributed by atoms with E-state index in [1.54, 1.807) is 0 Å². The summed E-state index contributed by atoms with van der Waals surface area (Å²) >= 11 is 0. The first-order valence-electron chi connectivity index (χ1n) is 5.95. The highest BCUT2D eigenvalue weighted by Crippen LogP contribution is 2.12. The molecule has 0 atom stereocenters. The van der Waals surface area contributed by atoms with Crippen molar-refractivity contribution < 1.29 is 29.7 Å². The van der Waals surface area contributed by atoms with E-state index in [2.05, 4.69) is 5.32 Å². The number of aliphatic hydroxyl groups excluding tert-OH is 3. The molecule has 8 heteroatoms. The first-order chi connectivity index (χ1) is 8.98. The monoisotopic (exact) mass is 274 g/mol. The summed E-state index contributed by atoms with van der Waals surface area (Å²) in [6, 6.07) is 0. The highest BCUT2D eigenvalue weighted by atomic mass is 16.3. The fourth-order valence-corrected chi connectivity index (χ4v) is 1.71. The van der Waals surface area contributed by atoms with Gasteiger partial charge in [-0.05, 0) is 0 Å². The third kappa shape index (κ3) is 3.72. The third-order valence-electron chi connectivity index (χ3n) is 3.03. The molecule has 0 spiro atoms. The fraction of sp³-hybridized carbons (Fsp3) is 0.727. The standard InChI is InChI=1S/C11H18N2O6/c14-5-11(6-15,7-16)12-8(17)3-4-13-9(18)1-2-10(13)19/h14-16H,1-7H2,(H,12,17). The lowest BCUT2D eigenvalue weighted by Gasteiger charge is -2.28. The molecule has 0 radical (unpaired) electrons. The predicted octanol–water partition coefficient (Wildman–Crippen LogP) is -2.64. The maximum atomic E-state index is 11.6. The van der Waals surface area contributed by atoms with Crippen LogP contribution < -0.4 is 5.32 Å². The summed E-state index contributed by atoms with van der Waals surface area (Å²) in [6.45, 7) is -1.89. The van der Waals surface area contributed by atoms with Crippen molar-refractivity contribution in [2.24, 2.45) is 0 Å². The van der Waals surface area contributed by atoms with E-state index in [0.717, 1.165) is 4.90 Å². The van der Waals surface area contributed by atoms with Gasteiger partial charge in [-0.3, -0.25) is 19.3 Å². The van der Waals surface area contributed by atoms with Gasteiger partial charge in [-0.15, -0.1) is 0 Å². The van der Waals surface area contributed by atoms with Gasteiger partial charge in [0.1, 0.15) is 5.54 Å². The Hall–Kier alpha value is -1.51. The van der Waals surface area contributed by atoms with E-state index >= 15 is 0 Å². The smallest absolute Gasteiger partial charge is 0.229 e. The van der Waals surface area contributed by atoms with Gasteiger partial charge in [-0.25, -0.2) is 0 Å². The van der Waals surface area contributed by atoms with Crippen molar-refractivity contribution >= 4 is 17.7 Å². The van der Waals surface area contributed by atoms with Gasteiger partial charge in [0.2, 0.25) is 17.7 Å². The summed E-state index contributed by atoms with van der Waals surface area (Å²) < 4.78 is 0. The lowest BCUT2D eigenvalue weighted by Crippen LogP contribution is -2.57. The van der Waals surface area contributed by atoms with E-state index in [1.807, 2.05) is 0 Å². The number of nitrogens with one attached hydrogen (secondary N) is 1. The van der Waals surface area contributed by atoms with Gasteiger partial charge >= 0.3 is 0 Å². The Balaban J connectivity index is 2.47. The van der Waals surface area contributed by atoms with Crippen LogP contribution in [-0.2, 0) is 14.4 Å². The fourth-order valence-electron chi connectivity index (χ4n) is 1.71. The Morgan fingerprint density at radius 3 is 2.00 bits per heavy atom. The van der Waals surface area contributed by atoms with E-state index in [4.69, 9.17) is 15.3 Å². The highest BCUT2D eigenvalue weighted by Gasteiger charge is 2.32. The van der Waals surface area contributed by atoms with Crippen LogP contribution in [0.3, 0.4) is 0 Å². The first kappa shape index (κ1) is 15.5. The number of rotatable bonds is 7. The van der Waals surface area contributed by atoms with Crippen LogP contribution in [-0.4, -0.2) is 69.8 Å². The average molecular weight is 274 g/mol. The van der Waals surface area contributed by atoms with E-state index in [9.17, 15) is 14.4 Å². The van der Waals surface area contributed by atoms with Crippen LogP contribution >= 0.6 is 0 Å². The zero-order valence-corrected chi connectivity index (χ0v) is 10.5. The second-order valence-electron chi connectivity index (χ2n) is 4.49. The molecule has 108 valence electrons. The third-order valence-corrected chi connectivity index (χ3v) is 3.03. The molecule has 1 saturated heterocycles. The van der Waals surface area contributed by atoms with Crippen LogP contribution in [0.25, 0.3) is 0 Å². The predicted molar refractivity (Wildman–Crippen MR) is 62.7 cm³/mol. The molecule has 1 heterocycles. The zero-order chi connectivity index (χ0) is 14.5. The van der Waals surface area contributed by atoms with Crippen LogP contribution in [0.1, 0.15) is 19.3 Å². The van der Waals surface area contributed by atoms with Crippen LogP contribution in [0, 0.1) is 0 Å². The van der Waals surface area contributed by atoms with Gasteiger partial charge < -0.3 is 20.6 Å². The van der Waals surface area contributed by atoms with E-state index in [1.165, 1.54) is 0 Å². The van der Waals surface area contributed by atoms with Crippen LogP contribution in [0.5, 0.6) is 0 Å². The molecule has 0 bridgehead atoms. The normalized spacial score (nSPS) is 16.1. The summed E-state index contributed by atoms with van der Waals surface area (Å²) in [5.41, 5.74) is -1.49. The second-order valence-corrected chi connectivity index (χ2v) is 4.49. The van der Waals surface area contributed by atoms with Crippen molar-refractivity contribution in [1.82, 2.24) is 10.2 Å². The summed E-state index contributed by atoms with van der Waals surface area (Å²) in [6.07, 6.45) is 0.182. The minimum atomic E-state index is -1.49. The van der Waals surface area contributed by atoms with E-state index < -0.39 is 31.3 Å². The van der Waals surface area contributed by atoms with E-state index in [0.29, 0.717) is 0 Å².